The zero-order valence-electron chi connectivity index (χ0n) is 20.6. The molecule has 14 nitrogen and oxygen atoms in total. The third kappa shape index (κ3) is 13.2. The average molecular weight is 502 g/mol. The van der Waals surface area contributed by atoms with Crippen LogP contribution < -0.4 is 33.2 Å². The predicted octanol–water partition coefficient (Wildman–Crippen LogP) is -1.92. The van der Waals surface area contributed by atoms with Crippen LogP contribution >= 0.6 is 0 Å². The van der Waals surface area contributed by atoms with E-state index in [1.54, 1.807) is 13.8 Å². The van der Waals surface area contributed by atoms with E-state index in [9.17, 15) is 34.2 Å². The molecular weight excluding hydrogens is 462 g/mol. The normalized spacial score (nSPS) is 14.4. The van der Waals surface area contributed by atoms with Gasteiger partial charge in [0.2, 0.25) is 17.7 Å². The molecule has 0 aliphatic rings. The van der Waals surface area contributed by atoms with Gasteiger partial charge in [-0.2, -0.15) is 0 Å². The first-order valence-corrected chi connectivity index (χ1v) is 11.3. The fourth-order valence-corrected chi connectivity index (χ4v) is 3.09. The summed E-state index contributed by atoms with van der Waals surface area (Å²) in [4.78, 5) is 64.5. The minimum absolute atomic E-state index is 0.0377. The third-order valence-electron chi connectivity index (χ3n) is 4.88. The lowest BCUT2D eigenvalue weighted by molar-refractivity contribution is -0.144. The molecule has 0 heterocycles. The number of rotatable bonds is 16. The van der Waals surface area contributed by atoms with E-state index in [-0.39, 0.29) is 31.3 Å². The van der Waals surface area contributed by atoms with Gasteiger partial charge in [-0.25, -0.2) is 4.79 Å². The molecule has 0 aliphatic heterocycles. The number of carboxylic acid groups (broad SMARTS) is 2. The van der Waals surface area contributed by atoms with Crippen LogP contribution in [0.2, 0.25) is 0 Å². The molecule has 0 fully saturated rings. The number of nitrogens with zero attached hydrogens (tertiary/aromatic N) is 1. The van der Waals surface area contributed by atoms with Crippen molar-refractivity contribution in [2.75, 3.05) is 6.54 Å². The first-order valence-electron chi connectivity index (χ1n) is 11.3. The van der Waals surface area contributed by atoms with Crippen LogP contribution in [0.4, 0.5) is 0 Å². The molecule has 0 aliphatic carbocycles. The van der Waals surface area contributed by atoms with Crippen molar-refractivity contribution < 1.29 is 34.2 Å². The topological polar surface area (TPSA) is 252 Å². The summed E-state index contributed by atoms with van der Waals surface area (Å²) in [7, 11) is 0. The molecule has 4 atom stereocenters. The molecule has 0 saturated carbocycles. The number of guanidine groups is 1. The number of carboxylic acids is 2. The van der Waals surface area contributed by atoms with Crippen LogP contribution in [0.3, 0.4) is 0 Å². The largest absolute Gasteiger partial charge is 0.481 e. The summed E-state index contributed by atoms with van der Waals surface area (Å²) in [5.41, 5.74) is 16.3. The lowest BCUT2D eigenvalue weighted by atomic mass is 10.00. The highest BCUT2D eigenvalue weighted by Gasteiger charge is 2.32. The maximum atomic E-state index is 12.9. The number of carbonyl (C=O) groups excluding carboxylic acids is 3. The molecule has 14 heteroatoms. The Labute approximate surface area is 204 Å². The molecule has 4 unspecified atom stereocenters. The molecule has 0 aromatic carbocycles. The summed E-state index contributed by atoms with van der Waals surface area (Å²) in [6.45, 7) is 7.22. The van der Waals surface area contributed by atoms with E-state index in [1.807, 2.05) is 13.8 Å². The molecule has 0 bridgehead atoms. The maximum Gasteiger partial charge on any atom is 0.326 e. The number of hydrogen-bond donors (Lipinski definition) is 8. The van der Waals surface area contributed by atoms with Gasteiger partial charge in [-0.15, -0.1) is 0 Å². The Morgan fingerprint density at radius 3 is 1.89 bits per heavy atom. The van der Waals surface area contributed by atoms with Gasteiger partial charge in [-0.1, -0.05) is 27.7 Å². The van der Waals surface area contributed by atoms with Crippen molar-refractivity contribution in [1.29, 1.82) is 0 Å². The number of amides is 3. The number of hydrogen-bond acceptors (Lipinski definition) is 7. The number of nitrogens with one attached hydrogen (secondary N) is 3. The zero-order chi connectivity index (χ0) is 27.3. The Morgan fingerprint density at radius 1 is 0.857 bits per heavy atom. The second-order valence-electron chi connectivity index (χ2n) is 8.97. The molecule has 0 saturated heterocycles. The number of nitrogens with two attached hydrogens (primary N) is 3. The number of aliphatic imine (C=N–C) groups is 1. The van der Waals surface area contributed by atoms with Crippen LogP contribution in [0, 0.1) is 11.8 Å². The maximum absolute atomic E-state index is 12.9. The monoisotopic (exact) mass is 501 g/mol. The van der Waals surface area contributed by atoms with Crippen molar-refractivity contribution in [3.8, 4) is 0 Å². The molecule has 0 rings (SSSR count). The van der Waals surface area contributed by atoms with Crippen molar-refractivity contribution in [2.24, 2.45) is 34.0 Å². The lowest BCUT2D eigenvalue weighted by Gasteiger charge is -2.26. The standard InChI is InChI=1S/C21H39N7O7/c1-10(2)8-12(22)17(31)28-16(11(3)4)19(33)27-14(9-15(29)30)18(32)26-13(20(34)35)6-5-7-25-21(23)24/h10-14,16H,5-9,22H2,1-4H3,(H,26,32)(H,27,33)(H,28,31)(H,29,30)(H,34,35)(H4,23,24,25). The molecule has 0 aromatic heterocycles. The smallest absolute Gasteiger partial charge is 0.326 e. The van der Waals surface area contributed by atoms with Gasteiger partial charge in [0.05, 0.1) is 12.5 Å². The molecule has 0 spiro atoms. The second-order valence-corrected chi connectivity index (χ2v) is 8.97. The molecule has 35 heavy (non-hydrogen) atoms. The van der Waals surface area contributed by atoms with Gasteiger partial charge in [0.15, 0.2) is 5.96 Å². The Kier molecular flexibility index (Phi) is 14.0. The molecule has 11 N–H and O–H groups in total. The van der Waals surface area contributed by atoms with E-state index in [1.165, 1.54) is 0 Å². The Bertz CT molecular complexity index is 782. The fraction of sp³-hybridized carbons (Fsp3) is 0.714. The van der Waals surface area contributed by atoms with Crippen molar-refractivity contribution in [3.63, 3.8) is 0 Å². The van der Waals surface area contributed by atoms with Crippen molar-refractivity contribution in [3.05, 3.63) is 0 Å². The summed E-state index contributed by atoms with van der Waals surface area (Å²) in [6.07, 6.45) is -0.223. The van der Waals surface area contributed by atoms with Crippen LogP contribution in [0.15, 0.2) is 4.99 Å². The fourth-order valence-electron chi connectivity index (χ4n) is 3.09. The summed E-state index contributed by atoms with van der Waals surface area (Å²) < 4.78 is 0. The van der Waals surface area contributed by atoms with Crippen molar-refractivity contribution in [1.82, 2.24) is 16.0 Å². The average Bonchev–Trinajstić information content (AvgIpc) is 2.71. The van der Waals surface area contributed by atoms with Crippen LogP contribution in [0.25, 0.3) is 0 Å². The summed E-state index contributed by atoms with van der Waals surface area (Å²) in [5.74, 6) is -5.54. The highest BCUT2D eigenvalue weighted by Crippen LogP contribution is 2.08. The van der Waals surface area contributed by atoms with E-state index in [2.05, 4.69) is 20.9 Å². The molecule has 3 amide bonds. The number of carbonyl (C=O) groups is 5. The Morgan fingerprint density at radius 2 is 1.43 bits per heavy atom. The van der Waals surface area contributed by atoms with Gasteiger partial charge >= 0.3 is 11.9 Å². The lowest BCUT2D eigenvalue weighted by Crippen LogP contribution is -2.58. The summed E-state index contributed by atoms with van der Waals surface area (Å²) >= 11 is 0. The van der Waals surface area contributed by atoms with Gasteiger partial charge in [-0.3, -0.25) is 24.2 Å². The summed E-state index contributed by atoms with van der Waals surface area (Å²) in [6, 6.07) is -4.89. The van der Waals surface area contributed by atoms with Gasteiger partial charge in [0.25, 0.3) is 0 Å². The van der Waals surface area contributed by atoms with E-state index < -0.39 is 66.2 Å². The molecule has 0 radical (unpaired) electrons. The van der Waals surface area contributed by atoms with E-state index >= 15 is 0 Å². The molecular formula is C21H39N7O7. The SMILES string of the molecule is CC(C)CC(N)C(=O)NC(C(=O)NC(CC(=O)O)C(=O)NC(CCCN=C(N)N)C(=O)O)C(C)C. The van der Waals surface area contributed by atoms with E-state index in [4.69, 9.17) is 17.2 Å². The van der Waals surface area contributed by atoms with E-state index in [0.29, 0.717) is 6.42 Å². The second kappa shape index (κ2) is 15.5. The predicted molar refractivity (Wildman–Crippen MR) is 128 cm³/mol. The van der Waals surface area contributed by atoms with Crippen molar-refractivity contribution >= 4 is 35.6 Å². The Balaban J connectivity index is 5.41. The number of aliphatic carboxylic acids is 2. The van der Waals surface area contributed by atoms with Gasteiger partial charge in [0, 0.05) is 6.54 Å². The third-order valence-corrected chi connectivity index (χ3v) is 4.88. The minimum atomic E-state index is -1.58. The van der Waals surface area contributed by atoms with Gasteiger partial charge in [0.1, 0.15) is 18.1 Å². The van der Waals surface area contributed by atoms with Crippen LogP contribution in [-0.2, 0) is 24.0 Å². The van der Waals surface area contributed by atoms with Gasteiger partial charge in [-0.05, 0) is 31.1 Å². The first-order chi connectivity index (χ1) is 16.1. The van der Waals surface area contributed by atoms with Crippen LogP contribution in [-0.4, -0.2) is 76.5 Å². The van der Waals surface area contributed by atoms with Gasteiger partial charge < -0.3 is 43.4 Å². The van der Waals surface area contributed by atoms with Crippen LogP contribution in [0.1, 0.15) is 53.4 Å². The van der Waals surface area contributed by atoms with E-state index in [0.717, 1.165) is 0 Å². The molecule has 200 valence electrons. The highest BCUT2D eigenvalue weighted by atomic mass is 16.4. The van der Waals surface area contributed by atoms with Crippen molar-refractivity contribution in [2.45, 2.75) is 77.5 Å². The molecule has 0 aromatic rings. The quantitative estimate of drug-likeness (QED) is 0.0661. The summed E-state index contributed by atoms with van der Waals surface area (Å²) in [5, 5.41) is 25.7. The van der Waals surface area contributed by atoms with Crippen LogP contribution in [0.5, 0.6) is 0 Å². The first kappa shape index (κ1) is 31.6. The minimum Gasteiger partial charge on any atom is -0.481 e. The zero-order valence-corrected chi connectivity index (χ0v) is 20.6. The highest BCUT2D eigenvalue weighted by molar-refractivity contribution is 5.95. The Hall–Kier alpha value is -3.42.